The van der Waals surface area contributed by atoms with Crippen LogP contribution in [0.2, 0.25) is 0 Å². The Labute approximate surface area is 187 Å². The number of aromatic nitrogens is 2. The maximum Gasteiger partial charge on any atom is 0.276 e. The third kappa shape index (κ3) is 4.35. The van der Waals surface area contributed by atoms with E-state index >= 15 is 0 Å². The molecular formula is C23H21N3O3S2. The van der Waals surface area contributed by atoms with E-state index in [4.69, 9.17) is 4.74 Å². The van der Waals surface area contributed by atoms with Crippen LogP contribution in [-0.4, -0.2) is 28.3 Å². The molecule has 0 aliphatic rings. The van der Waals surface area contributed by atoms with Crippen molar-refractivity contribution in [1.82, 2.24) is 9.55 Å². The molecule has 4 rings (SSSR count). The molecule has 2 heterocycles. The van der Waals surface area contributed by atoms with Gasteiger partial charge in [0.1, 0.15) is 10.4 Å². The number of amides is 1. The van der Waals surface area contributed by atoms with Gasteiger partial charge in [0, 0.05) is 11.8 Å². The van der Waals surface area contributed by atoms with Gasteiger partial charge in [-0.15, -0.1) is 11.3 Å². The number of nitrogens with one attached hydrogen (secondary N) is 1. The van der Waals surface area contributed by atoms with E-state index in [0.29, 0.717) is 26.8 Å². The Balaban J connectivity index is 1.66. The second kappa shape index (κ2) is 8.95. The number of hydrogen-bond acceptors (Lipinski definition) is 6. The number of fused-ring (bicyclic) bond motifs is 1. The van der Waals surface area contributed by atoms with Crippen LogP contribution >= 0.6 is 23.1 Å². The predicted octanol–water partition coefficient (Wildman–Crippen LogP) is 4.80. The minimum atomic E-state index is -0.189. The molecule has 158 valence electrons. The van der Waals surface area contributed by atoms with Gasteiger partial charge in [-0.3, -0.25) is 14.2 Å². The van der Waals surface area contributed by atoms with Crippen molar-refractivity contribution in [2.24, 2.45) is 0 Å². The van der Waals surface area contributed by atoms with E-state index in [1.807, 2.05) is 55.6 Å². The van der Waals surface area contributed by atoms with Gasteiger partial charge in [-0.05, 0) is 54.6 Å². The van der Waals surface area contributed by atoms with Gasteiger partial charge in [0.05, 0.1) is 24.1 Å². The lowest BCUT2D eigenvalue weighted by molar-refractivity contribution is -0.113. The number of ether oxygens (including phenoxy) is 1. The van der Waals surface area contributed by atoms with Crippen molar-refractivity contribution in [2.75, 3.05) is 18.2 Å². The molecule has 0 saturated carbocycles. The second-order valence-electron chi connectivity index (χ2n) is 6.96. The van der Waals surface area contributed by atoms with E-state index in [1.165, 1.54) is 23.1 Å². The number of carbonyl (C=O) groups is 1. The third-order valence-electron chi connectivity index (χ3n) is 4.95. The van der Waals surface area contributed by atoms with Gasteiger partial charge in [-0.25, -0.2) is 4.98 Å². The summed E-state index contributed by atoms with van der Waals surface area (Å²) in [6.07, 6.45) is 0. The summed E-state index contributed by atoms with van der Waals surface area (Å²) in [5, 5.41) is 5.21. The summed E-state index contributed by atoms with van der Waals surface area (Å²) in [7, 11) is 1.58. The van der Waals surface area contributed by atoms with Gasteiger partial charge in [-0.1, -0.05) is 30.0 Å². The Morgan fingerprint density at radius 1 is 1.19 bits per heavy atom. The van der Waals surface area contributed by atoms with E-state index in [0.717, 1.165) is 16.8 Å². The van der Waals surface area contributed by atoms with Gasteiger partial charge in [-0.2, -0.15) is 0 Å². The van der Waals surface area contributed by atoms with Crippen LogP contribution in [0.15, 0.2) is 63.9 Å². The van der Waals surface area contributed by atoms with E-state index in [-0.39, 0.29) is 17.2 Å². The molecule has 2 aromatic carbocycles. The van der Waals surface area contributed by atoms with E-state index < -0.39 is 0 Å². The Hall–Kier alpha value is -3.10. The van der Waals surface area contributed by atoms with Crippen LogP contribution in [0.4, 0.5) is 5.69 Å². The Bertz CT molecular complexity index is 1330. The first kappa shape index (κ1) is 21.1. The smallest absolute Gasteiger partial charge is 0.276 e. The molecule has 0 aliphatic heterocycles. The zero-order chi connectivity index (χ0) is 22.0. The van der Waals surface area contributed by atoms with Crippen molar-refractivity contribution < 1.29 is 9.53 Å². The van der Waals surface area contributed by atoms with Crippen LogP contribution in [0.1, 0.15) is 11.1 Å². The average Bonchev–Trinajstić information content (AvgIpc) is 3.24. The normalized spacial score (nSPS) is 10.9. The minimum Gasteiger partial charge on any atom is -0.497 e. The van der Waals surface area contributed by atoms with Crippen molar-refractivity contribution >= 4 is 44.9 Å². The highest BCUT2D eigenvalue weighted by atomic mass is 32.2. The SMILES string of the molecule is COc1cccc(NC(=O)CSc2nc3ccsc3c(=O)n2-c2cccc(C)c2C)c1. The summed E-state index contributed by atoms with van der Waals surface area (Å²) in [6, 6.07) is 14.8. The number of thioether (sulfide) groups is 1. The Morgan fingerprint density at radius 3 is 2.81 bits per heavy atom. The lowest BCUT2D eigenvalue weighted by Crippen LogP contribution is -2.23. The van der Waals surface area contributed by atoms with Crippen molar-refractivity contribution in [2.45, 2.75) is 19.0 Å². The first-order valence-electron chi connectivity index (χ1n) is 9.61. The van der Waals surface area contributed by atoms with Crippen LogP contribution in [0.3, 0.4) is 0 Å². The molecule has 0 aliphatic carbocycles. The van der Waals surface area contributed by atoms with Gasteiger partial charge in [0.15, 0.2) is 5.16 Å². The lowest BCUT2D eigenvalue weighted by atomic mass is 10.1. The molecular weight excluding hydrogens is 430 g/mol. The third-order valence-corrected chi connectivity index (χ3v) is 6.78. The molecule has 0 fully saturated rings. The summed E-state index contributed by atoms with van der Waals surface area (Å²) in [5.41, 5.74) is 4.05. The number of nitrogens with zero attached hydrogens (tertiary/aromatic N) is 2. The van der Waals surface area contributed by atoms with Crippen molar-refractivity contribution in [3.63, 3.8) is 0 Å². The van der Waals surface area contributed by atoms with Gasteiger partial charge in [0.25, 0.3) is 5.56 Å². The molecule has 0 radical (unpaired) electrons. The zero-order valence-corrected chi connectivity index (χ0v) is 19.0. The quantitative estimate of drug-likeness (QED) is 0.337. The van der Waals surface area contributed by atoms with Crippen molar-refractivity contribution in [3.8, 4) is 11.4 Å². The fraction of sp³-hybridized carbons (Fsp3) is 0.174. The molecule has 0 bridgehead atoms. The van der Waals surface area contributed by atoms with Crippen LogP contribution in [0.5, 0.6) is 5.75 Å². The largest absolute Gasteiger partial charge is 0.497 e. The van der Waals surface area contributed by atoms with Crippen LogP contribution in [-0.2, 0) is 4.79 Å². The lowest BCUT2D eigenvalue weighted by Gasteiger charge is -2.15. The summed E-state index contributed by atoms with van der Waals surface area (Å²) >= 11 is 2.61. The van der Waals surface area contributed by atoms with Crippen molar-refractivity contribution in [3.05, 3.63) is 75.4 Å². The fourth-order valence-corrected chi connectivity index (χ4v) is 4.77. The molecule has 31 heavy (non-hydrogen) atoms. The standard InChI is InChI=1S/C23H21N3O3S2/c1-14-6-4-9-19(15(14)2)26-22(28)21-18(10-11-30-21)25-23(26)31-13-20(27)24-16-7-5-8-17(12-16)29-3/h4-12H,13H2,1-3H3,(H,24,27). The highest BCUT2D eigenvalue weighted by molar-refractivity contribution is 7.99. The van der Waals surface area contributed by atoms with Crippen molar-refractivity contribution in [1.29, 1.82) is 0 Å². The number of anilines is 1. The van der Waals surface area contributed by atoms with Gasteiger partial charge >= 0.3 is 0 Å². The van der Waals surface area contributed by atoms with Crippen LogP contribution in [0, 0.1) is 13.8 Å². The maximum absolute atomic E-state index is 13.3. The zero-order valence-electron chi connectivity index (χ0n) is 17.3. The Kier molecular flexibility index (Phi) is 6.11. The molecule has 8 heteroatoms. The second-order valence-corrected chi connectivity index (χ2v) is 8.82. The van der Waals surface area contributed by atoms with Gasteiger partial charge in [0.2, 0.25) is 5.91 Å². The topological polar surface area (TPSA) is 73.2 Å². The fourth-order valence-electron chi connectivity index (χ4n) is 3.21. The molecule has 0 unspecified atom stereocenters. The molecule has 1 amide bonds. The number of methoxy groups -OCH3 is 1. The van der Waals surface area contributed by atoms with E-state index in [1.54, 1.807) is 23.8 Å². The molecule has 1 N–H and O–H groups in total. The summed E-state index contributed by atoms with van der Waals surface area (Å²) in [6.45, 7) is 4.00. The van der Waals surface area contributed by atoms with Gasteiger partial charge < -0.3 is 10.1 Å². The first-order valence-corrected chi connectivity index (χ1v) is 11.5. The molecule has 4 aromatic rings. The number of benzene rings is 2. The highest BCUT2D eigenvalue weighted by Gasteiger charge is 2.17. The van der Waals surface area contributed by atoms with Crippen LogP contribution < -0.4 is 15.6 Å². The molecule has 0 atom stereocenters. The number of hydrogen-bond donors (Lipinski definition) is 1. The highest BCUT2D eigenvalue weighted by Crippen LogP contribution is 2.26. The van der Waals surface area contributed by atoms with Crippen LogP contribution in [0.25, 0.3) is 15.9 Å². The van der Waals surface area contributed by atoms with E-state index in [2.05, 4.69) is 10.3 Å². The molecule has 2 aromatic heterocycles. The minimum absolute atomic E-state index is 0.115. The molecule has 0 spiro atoms. The number of rotatable bonds is 6. The summed E-state index contributed by atoms with van der Waals surface area (Å²) in [5.74, 6) is 0.591. The monoisotopic (exact) mass is 451 g/mol. The predicted molar refractivity (Wildman–Crippen MR) is 127 cm³/mol. The van der Waals surface area contributed by atoms with E-state index in [9.17, 15) is 9.59 Å². The first-order chi connectivity index (χ1) is 15.0. The summed E-state index contributed by atoms with van der Waals surface area (Å²) < 4.78 is 7.41. The average molecular weight is 452 g/mol. The molecule has 6 nitrogen and oxygen atoms in total. The maximum atomic E-state index is 13.3. The number of thiophene rings is 1. The summed E-state index contributed by atoms with van der Waals surface area (Å²) in [4.78, 5) is 30.5. The number of aryl methyl sites for hydroxylation is 1. The number of carbonyl (C=O) groups excluding carboxylic acids is 1. The molecule has 0 saturated heterocycles. The Morgan fingerprint density at radius 2 is 2.00 bits per heavy atom.